The molecule has 62 valence electrons. The number of aromatic nitrogens is 1. The maximum atomic E-state index is 10.1. The van der Waals surface area contributed by atoms with Gasteiger partial charge in [-0.15, -0.1) is 0 Å². The molecule has 0 spiro atoms. The van der Waals surface area contributed by atoms with Crippen molar-refractivity contribution in [1.82, 2.24) is 4.98 Å². The van der Waals surface area contributed by atoms with Gasteiger partial charge in [-0.1, -0.05) is 0 Å². The van der Waals surface area contributed by atoms with Gasteiger partial charge < -0.3 is 9.72 Å². The van der Waals surface area contributed by atoms with Gasteiger partial charge in [-0.25, -0.2) is 0 Å². The molecule has 11 heavy (non-hydrogen) atoms. The fraction of sp³-hybridized carbons (Fsp3) is 0.200. The third-order valence-corrected chi connectivity index (χ3v) is 1.35. The number of hydrogen-bond acceptors (Lipinski definition) is 3. The molecule has 1 aromatic rings. The van der Waals surface area contributed by atoms with Gasteiger partial charge in [-0.2, -0.15) is 8.42 Å². The topological polar surface area (TPSA) is 79.4 Å². The van der Waals surface area contributed by atoms with E-state index in [1.165, 1.54) is 0 Å². The Morgan fingerprint density at radius 3 is 2.82 bits per heavy atom. The maximum absolute atomic E-state index is 10.1. The van der Waals surface area contributed by atoms with Crippen LogP contribution in [0.15, 0.2) is 18.3 Å². The lowest BCUT2D eigenvalue weighted by Gasteiger charge is -1.98. The first kappa shape index (κ1) is 8.09. The summed E-state index contributed by atoms with van der Waals surface area (Å²) in [4.78, 5) is 2.61. The first-order chi connectivity index (χ1) is 5.08. The Labute approximate surface area is 63.7 Å². The molecule has 0 aromatic carbocycles. The Balaban J connectivity index is 2.48. The lowest BCUT2D eigenvalue weighted by molar-refractivity contribution is 0.343. The van der Waals surface area contributed by atoms with Gasteiger partial charge in [0.1, 0.15) is 0 Å². The monoisotopic (exact) mass is 177 g/mol. The SMILES string of the molecule is O=S(=O)(O)COc1ccc[nH]1. The average molecular weight is 177 g/mol. The molecule has 2 N–H and O–H groups in total. The number of nitrogens with one attached hydrogen (secondary N) is 1. The molecule has 5 nitrogen and oxygen atoms in total. The predicted molar refractivity (Wildman–Crippen MR) is 37.8 cm³/mol. The number of ether oxygens (including phenoxy) is 1. The Morgan fingerprint density at radius 1 is 1.64 bits per heavy atom. The second-order valence-electron chi connectivity index (χ2n) is 1.88. The van der Waals surface area contributed by atoms with Gasteiger partial charge >= 0.3 is 10.1 Å². The minimum atomic E-state index is -4.04. The summed E-state index contributed by atoms with van der Waals surface area (Å²) in [5.74, 6) is -0.421. The molecule has 0 fully saturated rings. The van der Waals surface area contributed by atoms with Crippen LogP contribution >= 0.6 is 0 Å². The van der Waals surface area contributed by atoms with Crippen molar-refractivity contribution in [2.75, 3.05) is 5.94 Å². The van der Waals surface area contributed by atoms with Crippen LogP contribution in [-0.2, 0) is 10.1 Å². The molecule has 0 radical (unpaired) electrons. The van der Waals surface area contributed by atoms with E-state index in [1.807, 2.05) is 0 Å². The van der Waals surface area contributed by atoms with Crippen LogP contribution in [0.2, 0.25) is 0 Å². The highest BCUT2D eigenvalue weighted by molar-refractivity contribution is 7.85. The summed E-state index contributed by atoms with van der Waals surface area (Å²) in [5.41, 5.74) is 0. The number of rotatable bonds is 3. The van der Waals surface area contributed by atoms with Gasteiger partial charge in [0, 0.05) is 6.20 Å². The Bertz CT molecular complexity index is 301. The van der Waals surface area contributed by atoms with E-state index in [4.69, 9.17) is 4.55 Å². The van der Waals surface area contributed by atoms with Crippen molar-refractivity contribution in [3.63, 3.8) is 0 Å². The molecule has 0 aliphatic rings. The second-order valence-corrected chi connectivity index (χ2v) is 3.28. The summed E-state index contributed by atoms with van der Waals surface area (Å²) in [6, 6.07) is 3.20. The van der Waals surface area contributed by atoms with Crippen molar-refractivity contribution in [2.45, 2.75) is 0 Å². The molecular weight excluding hydrogens is 170 g/mol. The standard InChI is InChI=1S/C5H7NO4S/c7-11(8,9)4-10-5-2-1-3-6-5/h1-3,6H,4H2,(H,7,8,9). The quantitative estimate of drug-likeness (QED) is 0.648. The zero-order chi connectivity index (χ0) is 8.32. The average Bonchev–Trinajstić information content (AvgIpc) is 2.32. The van der Waals surface area contributed by atoms with Crippen molar-refractivity contribution in [3.8, 4) is 5.88 Å². The zero-order valence-corrected chi connectivity index (χ0v) is 6.34. The highest BCUT2D eigenvalue weighted by Gasteiger charge is 2.04. The molecule has 1 rings (SSSR count). The Kier molecular flexibility index (Phi) is 2.16. The molecule has 0 bridgehead atoms. The molecule has 0 aliphatic carbocycles. The molecule has 0 aliphatic heterocycles. The highest BCUT2D eigenvalue weighted by atomic mass is 32.2. The summed E-state index contributed by atoms with van der Waals surface area (Å²) < 4.78 is 33.2. The summed E-state index contributed by atoms with van der Waals surface area (Å²) in [6.07, 6.45) is 1.58. The fourth-order valence-electron chi connectivity index (χ4n) is 0.542. The lowest BCUT2D eigenvalue weighted by atomic mass is 10.7. The summed E-state index contributed by atoms with van der Waals surface area (Å²) in [5, 5.41) is 0. The summed E-state index contributed by atoms with van der Waals surface area (Å²) in [7, 11) is -4.04. The van der Waals surface area contributed by atoms with E-state index in [0.717, 1.165) is 0 Å². The van der Waals surface area contributed by atoms with Crippen molar-refractivity contribution >= 4 is 10.1 Å². The Morgan fingerprint density at radius 2 is 2.36 bits per heavy atom. The third-order valence-electron chi connectivity index (χ3n) is 0.933. The summed E-state index contributed by atoms with van der Waals surface area (Å²) in [6.45, 7) is 0. The normalized spacial score (nSPS) is 11.4. The number of H-pyrrole nitrogens is 1. The number of hydrogen-bond donors (Lipinski definition) is 2. The van der Waals surface area contributed by atoms with Crippen LogP contribution in [-0.4, -0.2) is 23.9 Å². The van der Waals surface area contributed by atoms with Gasteiger partial charge in [0.05, 0.1) is 0 Å². The van der Waals surface area contributed by atoms with E-state index in [-0.39, 0.29) is 0 Å². The van der Waals surface area contributed by atoms with Crippen LogP contribution in [0.4, 0.5) is 0 Å². The van der Waals surface area contributed by atoms with Crippen molar-refractivity contribution < 1.29 is 17.7 Å². The molecule has 1 heterocycles. The fourth-order valence-corrected chi connectivity index (χ4v) is 0.817. The van der Waals surface area contributed by atoms with Crippen LogP contribution in [0.25, 0.3) is 0 Å². The van der Waals surface area contributed by atoms with E-state index < -0.39 is 16.1 Å². The molecule has 0 atom stereocenters. The van der Waals surface area contributed by atoms with E-state index in [0.29, 0.717) is 5.88 Å². The maximum Gasteiger partial charge on any atom is 0.300 e. The first-order valence-corrected chi connectivity index (χ1v) is 4.40. The predicted octanol–water partition coefficient (Wildman–Crippen LogP) is 0.239. The zero-order valence-electron chi connectivity index (χ0n) is 5.52. The van der Waals surface area contributed by atoms with Crippen molar-refractivity contribution in [2.24, 2.45) is 0 Å². The van der Waals surface area contributed by atoms with Crippen LogP contribution < -0.4 is 4.74 Å². The minimum absolute atomic E-state index is 0.308. The lowest BCUT2D eigenvalue weighted by Crippen LogP contribution is -2.10. The second kappa shape index (κ2) is 2.93. The van der Waals surface area contributed by atoms with Gasteiger partial charge in [-0.3, -0.25) is 4.55 Å². The molecule has 0 amide bonds. The molecule has 1 aromatic heterocycles. The van der Waals surface area contributed by atoms with Crippen LogP contribution in [0.3, 0.4) is 0 Å². The van der Waals surface area contributed by atoms with Crippen molar-refractivity contribution in [3.05, 3.63) is 18.3 Å². The van der Waals surface area contributed by atoms with Crippen LogP contribution in [0, 0.1) is 0 Å². The third kappa shape index (κ3) is 3.06. The van der Waals surface area contributed by atoms with Crippen LogP contribution in [0.5, 0.6) is 5.88 Å². The molecular formula is C5H7NO4S. The first-order valence-electron chi connectivity index (χ1n) is 2.79. The van der Waals surface area contributed by atoms with Gasteiger partial charge in [-0.05, 0) is 12.1 Å². The van der Waals surface area contributed by atoms with E-state index in [1.54, 1.807) is 18.3 Å². The van der Waals surface area contributed by atoms with E-state index in [2.05, 4.69) is 9.72 Å². The van der Waals surface area contributed by atoms with Crippen molar-refractivity contribution in [1.29, 1.82) is 0 Å². The van der Waals surface area contributed by atoms with Gasteiger partial charge in [0.25, 0.3) is 0 Å². The van der Waals surface area contributed by atoms with Crippen LogP contribution in [0.1, 0.15) is 0 Å². The molecule has 0 unspecified atom stereocenters. The molecule has 0 saturated carbocycles. The highest BCUT2D eigenvalue weighted by Crippen LogP contribution is 2.04. The minimum Gasteiger partial charge on any atom is -0.460 e. The largest absolute Gasteiger partial charge is 0.460 e. The van der Waals surface area contributed by atoms with E-state index >= 15 is 0 Å². The van der Waals surface area contributed by atoms with Gasteiger partial charge in [0.15, 0.2) is 5.88 Å². The van der Waals surface area contributed by atoms with E-state index in [9.17, 15) is 8.42 Å². The Hall–Kier alpha value is -1.01. The van der Waals surface area contributed by atoms with Gasteiger partial charge in [0.2, 0.25) is 5.94 Å². The summed E-state index contributed by atoms with van der Waals surface area (Å²) >= 11 is 0. The molecule has 6 heteroatoms. The molecule has 0 saturated heterocycles. The number of aromatic amines is 1. The smallest absolute Gasteiger partial charge is 0.300 e.